The Bertz CT molecular complexity index is 844. The topological polar surface area (TPSA) is 88.3 Å². The predicted octanol–water partition coefficient (Wildman–Crippen LogP) is 1.22. The number of nitrogens with zero attached hydrogens (tertiary/aromatic N) is 6. The zero-order chi connectivity index (χ0) is 15.8. The standard InChI is InChI=1S/C14H15N7OS/c1-9-7-21-13(16-9)3-2-12(18-21)17-10-4-5-20(8-10)14(22)11-6-15-19-23-11/h2-3,6-7,10H,4-5,8H2,1H3,(H,17,18). The van der Waals surface area contributed by atoms with Gasteiger partial charge in [0, 0.05) is 19.1 Å². The van der Waals surface area contributed by atoms with E-state index in [0.717, 1.165) is 41.7 Å². The van der Waals surface area contributed by atoms with Gasteiger partial charge in [-0.3, -0.25) is 4.79 Å². The van der Waals surface area contributed by atoms with Crippen molar-refractivity contribution in [3.8, 4) is 0 Å². The highest BCUT2D eigenvalue weighted by molar-refractivity contribution is 7.07. The van der Waals surface area contributed by atoms with Gasteiger partial charge in [0.05, 0.1) is 18.1 Å². The number of anilines is 1. The molecule has 1 saturated heterocycles. The number of hydrogen-bond donors (Lipinski definition) is 1. The Kier molecular flexibility index (Phi) is 3.41. The molecule has 8 nitrogen and oxygen atoms in total. The number of fused-ring (bicyclic) bond motifs is 1. The molecule has 118 valence electrons. The van der Waals surface area contributed by atoms with E-state index in [1.807, 2.05) is 30.2 Å². The van der Waals surface area contributed by atoms with Gasteiger partial charge in [-0.05, 0) is 37.0 Å². The van der Waals surface area contributed by atoms with E-state index in [0.29, 0.717) is 11.4 Å². The summed E-state index contributed by atoms with van der Waals surface area (Å²) < 4.78 is 5.50. The van der Waals surface area contributed by atoms with Gasteiger partial charge in [0.15, 0.2) is 5.65 Å². The van der Waals surface area contributed by atoms with Crippen LogP contribution >= 0.6 is 11.5 Å². The van der Waals surface area contributed by atoms with Crippen LogP contribution in [0.3, 0.4) is 0 Å². The third kappa shape index (κ3) is 2.74. The van der Waals surface area contributed by atoms with Gasteiger partial charge in [-0.15, -0.1) is 10.2 Å². The summed E-state index contributed by atoms with van der Waals surface area (Å²) in [7, 11) is 0. The first-order chi connectivity index (χ1) is 11.2. The number of imidazole rings is 1. The minimum Gasteiger partial charge on any atom is -0.364 e. The first-order valence-electron chi connectivity index (χ1n) is 7.35. The number of nitrogens with one attached hydrogen (secondary N) is 1. The number of rotatable bonds is 3. The van der Waals surface area contributed by atoms with Gasteiger partial charge < -0.3 is 10.2 Å². The summed E-state index contributed by atoms with van der Waals surface area (Å²) in [6, 6.07) is 4.04. The van der Waals surface area contributed by atoms with E-state index in [9.17, 15) is 4.79 Å². The van der Waals surface area contributed by atoms with E-state index in [4.69, 9.17) is 0 Å². The van der Waals surface area contributed by atoms with Gasteiger partial charge in [-0.25, -0.2) is 9.50 Å². The Balaban J connectivity index is 1.44. The molecule has 1 amide bonds. The van der Waals surface area contributed by atoms with E-state index in [1.54, 1.807) is 4.52 Å². The molecule has 4 heterocycles. The van der Waals surface area contributed by atoms with Gasteiger partial charge in [0.1, 0.15) is 10.7 Å². The fourth-order valence-electron chi connectivity index (χ4n) is 2.77. The van der Waals surface area contributed by atoms with Crippen LogP contribution in [0.2, 0.25) is 0 Å². The summed E-state index contributed by atoms with van der Waals surface area (Å²) in [5.74, 6) is 0.784. The zero-order valence-corrected chi connectivity index (χ0v) is 13.3. The van der Waals surface area contributed by atoms with Crippen molar-refractivity contribution in [2.24, 2.45) is 0 Å². The highest BCUT2D eigenvalue weighted by atomic mass is 32.1. The van der Waals surface area contributed by atoms with Crippen LogP contribution in [0.25, 0.3) is 5.65 Å². The lowest BCUT2D eigenvalue weighted by molar-refractivity contribution is 0.0796. The van der Waals surface area contributed by atoms with Crippen LogP contribution < -0.4 is 5.32 Å². The molecule has 1 N–H and O–H groups in total. The molecule has 1 atom stereocenters. The van der Waals surface area contributed by atoms with E-state index >= 15 is 0 Å². The van der Waals surface area contributed by atoms with Crippen LogP contribution in [0.5, 0.6) is 0 Å². The second-order valence-corrected chi connectivity index (χ2v) is 6.35. The van der Waals surface area contributed by atoms with Crippen LogP contribution in [0.4, 0.5) is 5.82 Å². The quantitative estimate of drug-likeness (QED) is 0.777. The maximum atomic E-state index is 12.3. The lowest BCUT2D eigenvalue weighted by Crippen LogP contribution is -2.31. The summed E-state index contributed by atoms with van der Waals surface area (Å²) >= 11 is 1.13. The van der Waals surface area contributed by atoms with Crippen molar-refractivity contribution in [1.82, 2.24) is 29.1 Å². The molecule has 0 saturated carbocycles. The van der Waals surface area contributed by atoms with Crippen LogP contribution in [0.1, 0.15) is 21.8 Å². The highest BCUT2D eigenvalue weighted by Crippen LogP contribution is 2.18. The molecule has 23 heavy (non-hydrogen) atoms. The Morgan fingerprint density at radius 3 is 3.17 bits per heavy atom. The number of carbonyl (C=O) groups is 1. The van der Waals surface area contributed by atoms with Crippen molar-refractivity contribution in [3.05, 3.63) is 35.1 Å². The summed E-state index contributed by atoms with van der Waals surface area (Å²) in [6.07, 6.45) is 4.30. The smallest absolute Gasteiger partial charge is 0.267 e. The number of likely N-dealkylation sites (tertiary alicyclic amines) is 1. The molecule has 0 aromatic carbocycles. The monoisotopic (exact) mass is 329 g/mol. The molecule has 0 bridgehead atoms. The Morgan fingerprint density at radius 1 is 1.43 bits per heavy atom. The molecule has 1 unspecified atom stereocenters. The Morgan fingerprint density at radius 2 is 2.35 bits per heavy atom. The van der Waals surface area contributed by atoms with Gasteiger partial charge in [-0.2, -0.15) is 0 Å². The predicted molar refractivity (Wildman–Crippen MR) is 85.6 cm³/mol. The molecule has 1 aliphatic heterocycles. The largest absolute Gasteiger partial charge is 0.364 e. The van der Waals surface area contributed by atoms with Gasteiger partial charge in [-0.1, -0.05) is 4.49 Å². The second kappa shape index (κ2) is 5.58. The Labute approximate surface area is 136 Å². The lowest BCUT2D eigenvalue weighted by atomic mass is 10.2. The van der Waals surface area contributed by atoms with Crippen molar-refractivity contribution < 1.29 is 4.79 Å². The summed E-state index contributed by atoms with van der Waals surface area (Å²) in [4.78, 5) is 19.1. The van der Waals surface area contributed by atoms with E-state index in [1.165, 1.54) is 6.20 Å². The average Bonchev–Trinajstić information content (AvgIpc) is 3.26. The molecule has 0 aliphatic carbocycles. The highest BCUT2D eigenvalue weighted by Gasteiger charge is 2.28. The molecule has 4 rings (SSSR count). The first-order valence-corrected chi connectivity index (χ1v) is 8.12. The van der Waals surface area contributed by atoms with Gasteiger partial charge in [0.25, 0.3) is 5.91 Å². The van der Waals surface area contributed by atoms with Crippen LogP contribution in [-0.4, -0.2) is 54.1 Å². The third-order valence-electron chi connectivity index (χ3n) is 3.84. The van der Waals surface area contributed by atoms with E-state index in [2.05, 4.69) is 25.0 Å². The van der Waals surface area contributed by atoms with Crippen molar-refractivity contribution in [3.63, 3.8) is 0 Å². The number of aryl methyl sites for hydroxylation is 1. The molecule has 0 spiro atoms. The molecule has 9 heteroatoms. The number of carbonyl (C=O) groups excluding carboxylic acids is 1. The van der Waals surface area contributed by atoms with Gasteiger partial charge >= 0.3 is 0 Å². The maximum Gasteiger partial charge on any atom is 0.267 e. The van der Waals surface area contributed by atoms with E-state index in [-0.39, 0.29) is 11.9 Å². The number of aromatic nitrogens is 5. The third-order valence-corrected chi connectivity index (χ3v) is 4.49. The Hall–Kier alpha value is -2.55. The first kappa shape index (κ1) is 14.1. The lowest BCUT2D eigenvalue weighted by Gasteiger charge is -2.16. The summed E-state index contributed by atoms with van der Waals surface area (Å²) in [5.41, 5.74) is 1.76. The van der Waals surface area contributed by atoms with Crippen molar-refractivity contribution in [1.29, 1.82) is 0 Å². The van der Waals surface area contributed by atoms with Gasteiger partial charge in [0.2, 0.25) is 0 Å². The fraction of sp³-hybridized carbons (Fsp3) is 0.357. The summed E-state index contributed by atoms with van der Waals surface area (Å²) in [6.45, 7) is 3.32. The average molecular weight is 329 g/mol. The zero-order valence-electron chi connectivity index (χ0n) is 12.5. The minimum absolute atomic E-state index is 0.00190. The van der Waals surface area contributed by atoms with Crippen molar-refractivity contribution >= 4 is 28.9 Å². The van der Waals surface area contributed by atoms with E-state index < -0.39 is 0 Å². The maximum absolute atomic E-state index is 12.3. The SMILES string of the molecule is Cc1cn2nc(NC3CCN(C(=O)c4cnns4)C3)ccc2n1. The normalized spacial score (nSPS) is 17.8. The molecule has 1 fully saturated rings. The molecule has 1 aliphatic rings. The molecule has 3 aromatic heterocycles. The van der Waals surface area contributed by atoms with Crippen molar-refractivity contribution in [2.45, 2.75) is 19.4 Å². The van der Waals surface area contributed by atoms with Crippen LogP contribution in [-0.2, 0) is 0 Å². The molecule has 3 aromatic rings. The molecular weight excluding hydrogens is 314 g/mol. The fourth-order valence-corrected chi connectivity index (χ4v) is 3.25. The second-order valence-electron chi connectivity index (χ2n) is 5.57. The molecular formula is C14H15N7OS. The number of hydrogen-bond acceptors (Lipinski definition) is 7. The van der Waals surface area contributed by atoms with Crippen LogP contribution in [0.15, 0.2) is 24.5 Å². The van der Waals surface area contributed by atoms with Crippen molar-refractivity contribution in [2.75, 3.05) is 18.4 Å². The minimum atomic E-state index is -0.00190. The van der Waals surface area contributed by atoms with Crippen LogP contribution in [0, 0.1) is 6.92 Å². The molecule has 0 radical (unpaired) electrons. The number of amides is 1. The summed E-state index contributed by atoms with van der Waals surface area (Å²) in [5, 5.41) is 11.6.